The topological polar surface area (TPSA) is 84.3 Å². The van der Waals surface area contributed by atoms with Crippen molar-refractivity contribution in [1.82, 2.24) is 9.21 Å². The second-order valence-electron chi connectivity index (χ2n) is 9.50. The van der Waals surface area contributed by atoms with Crippen LogP contribution in [0.15, 0.2) is 58.3 Å². The fourth-order valence-corrected chi connectivity index (χ4v) is 6.83. The van der Waals surface area contributed by atoms with Gasteiger partial charge in [-0.1, -0.05) is 24.3 Å². The van der Waals surface area contributed by atoms with Crippen molar-refractivity contribution in [3.8, 4) is 0 Å². The smallest absolute Gasteiger partial charge is 0.392 e. The summed E-state index contributed by atoms with van der Waals surface area (Å²) in [7, 11) is -3.81. The van der Waals surface area contributed by atoms with Gasteiger partial charge in [0.2, 0.25) is 10.0 Å². The first kappa shape index (κ1) is 27.2. The van der Waals surface area contributed by atoms with Crippen LogP contribution in [0.25, 0.3) is 0 Å². The van der Waals surface area contributed by atoms with Gasteiger partial charge in [-0.05, 0) is 43.2 Å². The number of anilines is 1. The first-order valence-electron chi connectivity index (χ1n) is 11.7. The van der Waals surface area contributed by atoms with Crippen molar-refractivity contribution < 1.29 is 31.8 Å². The van der Waals surface area contributed by atoms with E-state index in [0.717, 1.165) is 0 Å². The van der Waals surface area contributed by atoms with Gasteiger partial charge in [-0.25, -0.2) is 8.42 Å². The highest BCUT2D eigenvalue weighted by Crippen LogP contribution is 2.39. The maximum absolute atomic E-state index is 13.4. The third kappa shape index (κ3) is 5.39. The first-order valence-corrected chi connectivity index (χ1v) is 13.5. The Balaban J connectivity index is 1.60. The Bertz CT molecular complexity index is 1180. The normalized spacial score (nSPS) is 24.1. The molecular formula is C24H30F3N3O4S2. The summed E-state index contributed by atoms with van der Waals surface area (Å²) in [6.07, 6.45) is -4.64. The van der Waals surface area contributed by atoms with Crippen molar-refractivity contribution >= 4 is 28.3 Å². The van der Waals surface area contributed by atoms with Crippen molar-refractivity contribution in [3.05, 3.63) is 54.1 Å². The quantitative estimate of drug-likeness (QED) is 0.485. The minimum Gasteiger partial charge on any atom is -0.392 e. The van der Waals surface area contributed by atoms with Gasteiger partial charge in [0.05, 0.1) is 17.0 Å². The van der Waals surface area contributed by atoms with Crippen molar-refractivity contribution in [2.75, 3.05) is 44.2 Å². The van der Waals surface area contributed by atoms with Crippen LogP contribution in [0.5, 0.6) is 0 Å². The van der Waals surface area contributed by atoms with E-state index in [0.29, 0.717) is 50.1 Å². The van der Waals surface area contributed by atoms with Crippen LogP contribution >= 0.6 is 12.6 Å². The summed E-state index contributed by atoms with van der Waals surface area (Å²) in [5.74, 6) is 0. The molecule has 0 saturated carbocycles. The van der Waals surface area contributed by atoms with Gasteiger partial charge in [0.1, 0.15) is 0 Å². The standard InChI is InChI=1S/C24H30F3N3O4S2/c1-23(32,24(25,26)27)17-6-8-18(9-7-17)30-13-12-29(15-19(30)14-28-11-10-20(31)16-28)36(33,34)22-5-3-2-4-21(22)35/h2-9,19-20,31-32,35H,10-16H2,1H3/t19-,20+,23-/m0/s1. The van der Waals surface area contributed by atoms with E-state index in [4.69, 9.17) is 0 Å². The van der Waals surface area contributed by atoms with E-state index in [1.165, 1.54) is 34.6 Å². The Kier molecular flexibility index (Phi) is 7.67. The minimum atomic E-state index is -4.82. The summed E-state index contributed by atoms with van der Waals surface area (Å²) in [6, 6.07) is 11.7. The highest BCUT2D eigenvalue weighted by molar-refractivity contribution is 7.90. The Hall–Kier alpha value is -1.83. The average Bonchev–Trinajstić information content (AvgIpc) is 3.23. The number of thiol groups is 1. The summed E-state index contributed by atoms with van der Waals surface area (Å²) in [5, 5.41) is 20.0. The molecule has 4 rings (SSSR count). The molecule has 2 aliphatic heterocycles. The van der Waals surface area contributed by atoms with E-state index >= 15 is 0 Å². The second kappa shape index (κ2) is 10.1. The van der Waals surface area contributed by atoms with Crippen LogP contribution in [0.1, 0.15) is 18.9 Å². The molecule has 2 fully saturated rings. The van der Waals surface area contributed by atoms with Gasteiger partial charge in [-0.15, -0.1) is 12.6 Å². The fraction of sp³-hybridized carbons (Fsp3) is 0.500. The molecule has 0 aliphatic carbocycles. The zero-order chi connectivity index (χ0) is 26.3. The van der Waals surface area contributed by atoms with Crippen LogP contribution in [0.2, 0.25) is 0 Å². The number of hydrogen-bond donors (Lipinski definition) is 3. The molecular weight excluding hydrogens is 515 g/mol. The number of sulfonamides is 1. The zero-order valence-corrected chi connectivity index (χ0v) is 21.5. The molecule has 2 aliphatic rings. The second-order valence-corrected chi connectivity index (χ2v) is 11.9. The zero-order valence-electron chi connectivity index (χ0n) is 19.8. The highest BCUT2D eigenvalue weighted by atomic mass is 32.2. The predicted octanol–water partition coefficient (Wildman–Crippen LogP) is 2.69. The minimum absolute atomic E-state index is 0.121. The number of rotatable bonds is 6. The number of piperazine rings is 1. The number of alkyl halides is 3. The SMILES string of the molecule is C[C@](O)(c1ccc(N2CCN(S(=O)(=O)c3ccccc3S)C[C@@H]2CN2CC[C@@H](O)C2)cc1)C(F)(F)F. The Morgan fingerprint density at radius 1 is 1.03 bits per heavy atom. The average molecular weight is 546 g/mol. The number of nitrogens with zero attached hydrogens (tertiary/aromatic N) is 3. The molecule has 7 nitrogen and oxygen atoms in total. The fourth-order valence-electron chi connectivity index (χ4n) is 4.77. The summed E-state index contributed by atoms with van der Waals surface area (Å²) in [6.45, 7) is 3.02. The predicted molar refractivity (Wildman–Crippen MR) is 133 cm³/mol. The third-order valence-electron chi connectivity index (χ3n) is 6.96. The van der Waals surface area contributed by atoms with Crippen molar-refractivity contribution in [3.63, 3.8) is 0 Å². The van der Waals surface area contributed by atoms with Crippen LogP contribution < -0.4 is 4.90 Å². The molecule has 0 bridgehead atoms. The van der Waals surface area contributed by atoms with E-state index < -0.39 is 27.9 Å². The number of halogens is 3. The largest absolute Gasteiger partial charge is 0.421 e. The molecule has 2 saturated heterocycles. The molecule has 0 spiro atoms. The number of aliphatic hydroxyl groups excluding tert-OH is 1. The van der Waals surface area contributed by atoms with Crippen molar-refractivity contribution in [2.24, 2.45) is 0 Å². The van der Waals surface area contributed by atoms with Crippen LogP contribution in [0, 0.1) is 0 Å². The summed E-state index contributed by atoms with van der Waals surface area (Å²) >= 11 is 4.31. The summed E-state index contributed by atoms with van der Waals surface area (Å²) in [4.78, 5) is 4.52. The molecule has 12 heteroatoms. The third-order valence-corrected chi connectivity index (χ3v) is 9.42. The first-order chi connectivity index (χ1) is 16.8. The Morgan fingerprint density at radius 2 is 1.69 bits per heavy atom. The maximum atomic E-state index is 13.4. The van der Waals surface area contributed by atoms with Gasteiger partial charge in [-0.3, -0.25) is 4.90 Å². The molecule has 0 amide bonds. The molecule has 0 aromatic heterocycles. The molecule has 3 atom stereocenters. The van der Waals surface area contributed by atoms with E-state index in [1.807, 2.05) is 4.90 Å². The molecule has 0 unspecified atom stereocenters. The maximum Gasteiger partial charge on any atom is 0.421 e. The van der Waals surface area contributed by atoms with Crippen molar-refractivity contribution in [1.29, 1.82) is 0 Å². The summed E-state index contributed by atoms with van der Waals surface area (Å²) < 4.78 is 68.0. The van der Waals surface area contributed by atoms with Gasteiger partial charge < -0.3 is 15.1 Å². The van der Waals surface area contributed by atoms with E-state index in [1.54, 1.807) is 18.2 Å². The lowest BCUT2D eigenvalue weighted by Crippen LogP contribution is -2.58. The van der Waals surface area contributed by atoms with E-state index in [-0.39, 0.29) is 29.6 Å². The summed E-state index contributed by atoms with van der Waals surface area (Å²) in [5.41, 5.74) is -2.62. The lowest BCUT2D eigenvalue weighted by Gasteiger charge is -2.43. The number of likely N-dealkylation sites (tertiary alicyclic amines) is 1. The van der Waals surface area contributed by atoms with Gasteiger partial charge in [0.25, 0.3) is 0 Å². The molecule has 2 aromatic rings. The highest BCUT2D eigenvalue weighted by Gasteiger charge is 2.51. The van der Waals surface area contributed by atoms with E-state index in [9.17, 15) is 31.8 Å². The lowest BCUT2D eigenvalue weighted by atomic mass is 9.95. The van der Waals surface area contributed by atoms with Gasteiger partial charge in [0.15, 0.2) is 5.60 Å². The Morgan fingerprint density at radius 3 is 2.28 bits per heavy atom. The molecule has 198 valence electrons. The van der Waals surface area contributed by atoms with E-state index in [2.05, 4.69) is 17.5 Å². The van der Waals surface area contributed by atoms with Crippen molar-refractivity contribution in [2.45, 2.75) is 47.1 Å². The van der Waals surface area contributed by atoms with Crippen LogP contribution in [-0.2, 0) is 15.6 Å². The van der Waals surface area contributed by atoms with Crippen LogP contribution in [-0.4, -0.2) is 85.4 Å². The molecule has 2 aromatic carbocycles. The molecule has 36 heavy (non-hydrogen) atoms. The van der Waals surface area contributed by atoms with Crippen LogP contribution in [0.3, 0.4) is 0 Å². The van der Waals surface area contributed by atoms with Gasteiger partial charge in [-0.2, -0.15) is 17.5 Å². The monoisotopic (exact) mass is 545 g/mol. The number of aliphatic hydroxyl groups is 2. The van der Waals surface area contributed by atoms with Crippen LogP contribution in [0.4, 0.5) is 18.9 Å². The van der Waals surface area contributed by atoms with Gasteiger partial charge >= 0.3 is 6.18 Å². The number of benzene rings is 2. The number of β-amino-alcohol motifs (C(OH)–C–C–N with tert-alkyl or cyclic N) is 1. The lowest BCUT2D eigenvalue weighted by molar-refractivity contribution is -0.258. The molecule has 2 N–H and O–H groups in total. The molecule has 2 heterocycles. The van der Waals surface area contributed by atoms with Gasteiger partial charge in [0, 0.05) is 49.9 Å². The Labute approximate surface area is 214 Å². The molecule has 0 radical (unpaired) electrons. The number of hydrogen-bond acceptors (Lipinski definition) is 7.